The van der Waals surface area contributed by atoms with E-state index < -0.39 is 0 Å². The first-order valence-corrected chi connectivity index (χ1v) is 31.5. The van der Waals surface area contributed by atoms with Crippen LogP contribution < -0.4 is 9.47 Å². The Morgan fingerprint density at radius 2 is 0.883 bits per heavy atom. The molecule has 0 radical (unpaired) electrons. The number of hydrogen-bond donors (Lipinski definition) is 0. The third-order valence-electron chi connectivity index (χ3n) is 25.7. The van der Waals surface area contributed by atoms with E-state index >= 15 is 0 Å². The van der Waals surface area contributed by atoms with Gasteiger partial charge in [-0.3, -0.25) is 4.79 Å². The summed E-state index contributed by atoms with van der Waals surface area (Å²) < 4.78 is 61.8. The number of epoxide rings is 8. The van der Waals surface area contributed by atoms with Crippen molar-refractivity contribution >= 4 is 5.97 Å². The fraction of sp³-hybridized carbons (Fsp3) is 0.800. The Labute approximate surface area is 453 Å². The van der Waals surface area contributed by atoms with E-state index in [0.29, 0.717) is 62.4 Å². The largest absolute Gasteiger partial charge is 0.491 e. The first-order valence-electron chi connectivity index (χ1n) is 31.5. The molecule has 0 aromatic heterocycles. The lowest BCUT2D eigenvalue weighted by molar-refractivity contribution is -0.151. The van der Waals surface area contributed by atoms with E-state index in [4.69, 9.17) is 52.1 Å². The molecule has 77 heavy (non-hydrogen) atoms. The summed E-state index contributed by atoms with van der Waals surface area (Å²) >= 11 is 0. The molecule has 2 aromatic rings. The highest BCUT2D eigenvalue weighted by atomic mass is 16.6. The zero-order valence-corrected chi connectivity index (χ0v) is 45.0. The number of carbonyl (C=O) groups is 1. The summed E-state index contributed by atoms with van der Waals surface area (Å²) in [5.41, 5.74) is 2.42. The molecular weight excluding hydrogens is 973 g/mol. The van der Waals surface area contributed by atoms with Gasteiger partial charge in [0.25, 0.3) is 0 Å². The van der Waals surface area contributed by atoms with Crippen molar-refractivity contribution in [1.29, 1.82) is 0 Å². The smallest absolute Gasteiger partial charge is 0.309 e. The number of esters is 1. The van der Waals surface area contributed by atoms with E-state index in [1.165, 1.54) is 36.8 Å². The molecule has 8 saturated heterocycles. The summed E-state index contributed by atoms with van der Waals surface area (Å²) in [6, 6.07) is 16.7. The molecule has 12 aliphatic carbocycles. The van der Waals surface area contributed by atoms with Gasteiger partial charge < -0.3 is 52.1 Å². The Balaban J connectivity index is 0.0000000789. The van der Waals surface area contributed by atoms with Crippen LogP contribution in [0.15, 0.2) is 48.5 Å². The maximum absolute atomic E-state index is 12.0. The molecule has 0 spiro atoms. The summed E-state index contributed by atoms with van der Waals surface area (Å²) in [5.74, 6) is 18.9. The van der Waals surface area contributed by atoms with Crippen LogP contribution in [0.3, 0.4) is 0 Å². The van der Waals surface area contributed by atoms with Gasteiger partial charge in [-0.05, 0) is 213 Å². The van der Waals surface area contributed by atoms with Crippen LogP contribution in [0.1, 0.15) is 102 Å². The Morgan fingerprint density at radius 1 is 0.429 bits per heavy atom. The second-order valence-electron chi connectivity index (χ2n) is 29.4. The topological polar surface area (TPSA) is 145 Å². The fourth-order valence-corrected chi connectivity index (χ4v) is 21.9. The molecule has 2 aromatic carbocycles. The van der Waals surface area contributed by atoms with E-state index in [-0.39, 0.29) is 29.5 Å². The molecule has 32 atom stereocenters. The van der Waals surface area contributed by atoms with Gasteiger partial charge in [-0.1, -0.05) is 38.1 Å². The number of benzene rings is 2. The van der Waals surface area contributed by atoms with Crippen LogP contribution in [0.25, 0.3) is 0 Å². The van der Waals surface area contributed by atoms with E-state index in [1.54, 1.807) is 12.8 Å². The maximum Gasteiger partial charge on any atom is 0.309 e. The van der Waals surface area contributed by atoms with Crippen molar-refractivity contribution in [2.75, 3.05) is 33.0 Å². The van der Waals surface area contributed by atoms with Gasteiger partial charge in [0, 0.05) is 5.41 Å². The van der Waals surface area contributed by atoms with Crippen molar-refractivity contribution < 1.29 is 56.9 Å². The van der Waals surface area contributed by atoms with Crippen LogP contribution >= 0.6 is 0 Å². The third kappa shape index (κ3) is 7.65. The predicted octanol–water partition coefficient (Wildman–Crippen LogP) is 8.61. The number of carbonyl (C=O) groups excluding carboxylic acids is 1. The van der Waals surface area contributed by atoms with Crippen LogP contribution in [-0.4, -0.2) is 124 Å². The lowest BCUT2D eigenvalue weighted by Gasteiger charge is -2.40. The molecule has 412 valence electrons. The Kier molecular flexibility index (Phi) is 10.3. The fourth-order valence-electron chi connectivity index (χ4n) is 21.9. The Hall–Kier alpha value is -2.81. The Morgan fingerprint density at radius 3 is 1.42 bits per heavy atom. The molecule has 12 nitrogen and oxygen atoms in total. The first-order chi connectivity index (χ1) is 37.7. The normalized spacial score (nSPS) is 55.2. The molecule has 20 aliphatic rings. The van der Waals surface area contributed by atoms with Crippen LogP contribution in [0.2, 0.25) is 0 Å². The van der Waals surface area contributed by atoms with Crippen molar-refractivity contribution in [3.05, 3.63) is 59.7 Å². The molecule has 0 amide bonds. The van der Waals surface area contributed by atoms with Gasteiger partial charge in [0.15, 0.2) is 0 Å². The van der Waals surface area contributed by atoms with Gasteiger partial charge in [0.05, 0.1) is 99.0 Å². The van der Waals surface area contributed by atoms with Crippen molar-refractivity contribution in [3.8, 4) is 11.5 Å². The summed E-state index contributed by atoms with van der Waals surface area (Å²) in [5, 5.41) is 0. The average molecular weight is 1050 g/mol. The van der Waals surface area contributed by atoms with Crippen LogP contribution in [0.5, 0.6) is 11.5 Å². The standard InChI is InChI=1S/C21H24O4.2C15H18O2.C14H20O4/c1-21(2,15-3-7-17(8-4-15)22-11-19-13-24-19)16-5-9-18(10-6-16)23-12-20-14-25-20;1-4-5-3-9-15(16-9)12(5)6(1)11-8-2-7(10(4)11)13-14(8)17-13;1-4-6-2-8(14-12(6)16-14)10(4)11-5(1)7-3-9(11)15-13(7)17-15;15-14(9-2-4-11-13(6-9)18-11)16-7-8-1-3-10-12(5-8)17-10/h3-10,19-20H,11-14H2,1-2H3;2*4-15H,1-3H2;8-13H,1-7H2. The van der Waals surface area contributed by atoms with E-state index in [0.717, 1.165) is 195 Å². The second kappa shape index (κ2) is 16.9. The second-order valence-corrected chi connectivity index (χ2v) is 29.4. The summed E-state index contributed by atoms with van der Waals surface area (Å²) in [6.45, 7) is 7.96. The van der Waals surface area contributed by atoms with Gasteiger partial charge in [0.2, 0.25) is 0 Å². The minimum Gasteiger partial charge on any atom is -0.491 e. The number of rotatable bonds is 11. The molecular formula is C65H80O12. The monoisotopic (exact) mass is 1050 g/mol. The SMILES string of the molecule is C1C2C3CC(C4OC34)C2C2C1C1CC2C2OC12.C1C2OC2C2C1C1CC2C2C3CC(C4OC34)C12.CC(C)(c1ccc(OCC2CO2)cc1)c1ccc(OCC2CO2)cc1.O=C(OCC1CCC2OC2C1)C1CCC2OC2C1. The first kappa shape index (κ1) is 46.8. The molecule has 8 bridgehead atoms. The zero-order valence-electron chi connectivity index (χ0n) is 45.0. The maximum atomic E-state index is 12.0. The van der Waals surface area contributed by atoms with Crippen molar-refractivity contribution in [1.82, 2.24) is 0 Å². The Bertz CT molecular complexity index is 2550. The minimum absolute atomic E-state index is 0.00258. The van der Waals surface area contributed by atoms with Gasteiger partial charge in [-0.15, -0.1) is 0 Å². The van der Waals surface area contributed by atoms with Gasteiger partial charge in [-0.2, -0.15) is 0 Å². The molecule has 0 N–H and O–H groups in total. The molecule has 20 fully saturated rings. The molecule has 12 heteroatoms. The highest BCUT2D eigenvalue weighted by Gasteiger charge is 2.79. The lowest BCUT2D eigenvalue weighted by atomic mass is 9.64. The minimum atomic E-state index is -0.0870. The summed E-state index contributed by atoms with van der Waals surface area (Å²) in [7, 11) is 0. The summed E-state index contributed by atoms with van der Waals surface area (Å²) in [6.07, 6.45) is 23.5. The number of hydrogen-bond acceptors (Lipinski definition) is 12. The predicted molar refractivity (Wildman–Crippen MR) is 277 cm³/mol. The van der Waals surface area contributed by atoms with Crippen LogP contribution in [-0.2, 0) is 52.8 Å². The van der Waals surface area contributed by atoms with Crippen molar-refractivity contribution in [3.63, 3.8) is 0 Å². The average Bonchev–Trinajstić information content (AvgIpc) is 3.58. The molecule has 32 unspecified atom stereocenters. The van der Waals surface area contributed by atoms with E-state index in [1.807, 2.05) is 24.3 Å². The van der Waals surface area contributed by atoms with E-state index in [2.05, 4.69) is 38.1 Å². The van der Waals surface area contributed by atoms with Crippen LogP contribution in [0.4, 0.5) is 0 Å². The van der Waals surface area contributed by atoms with Gasteiger partial charge >= 0.3 is 5.97 Å². The van der Waals surface area contributed by atoms with Gasteiger partial charge in [0.1, 0.15) is 36.9 Å². The lowest BCUT2D eigenvalue weighted by Crippen LogP contribution is -2.40. The molecule has 8 heterocycles. The van der Waals surface area contributed by atoms with Gasteiger partial charge in [-0.25, -0.2) is 0 Å². The molecule has 8 aliphatic heterocycles. The summed E-state index contributed by atoms with van der Waals surface area (Å²) in [4.78, 5) is 12.0. The van der Waals surface area contributed by atoms with E-state index in [9.17, 15) is 4.79 Å². The third-order valence-corrected chi connectivity index (χ3v) is 25.7. The highest BCUT2D eigenvalue weighted by molar-refractivity contribution is 5.72. The highest BCUT2D eigenvalue weighted by Crippen LogP contribution is 2.78. The van der Waals surface area contributed by atoms with Crippen molar-refractivity contribution in [2.45, 2.75) is 182 Å². The molecule has 12 saturated carbocycles. The zero-order chi connectivity index (χ0) is 50.3. The quantitative estimate of drug-likeness (QED) is 0.121. The number of ether oxygens (including phenoxy) is 11. The number of fused-ring (bicyclic) bond motifs is 36. The van der Waals surface area contributed by atoms with Crippen molar-refractivity contribution in [2.24, 2.45) is 107 Å². The van der Waals surface area contributed by atoms with Crippen LogP contribution in [0, 0.1) is 107 Å². The molecule has 22 rings (SSSR count).